The largest absolute Gasteiger partial charge is 0.454 e. The monoisotopic (exact) mass is 372 g/mol. The number of benzene rings is 2. The summed E-state index contributed by atoms with van der Waals surface area (Å²) in [5.41, 5.74) is 1.37. The number of ether oxygens (including phenoxy) is 2. The van der Waals surface area contributed by atoms with Crippen molar-refractivity contribution in [1.82, 2.24) is 10.6 Å². The smallest absolute Gasteiger partial charge is 0.243 e. The van der Waals surface area contributed by atoms with Crippen LogP contribution in [0.25, 0.3) is 0 Å². The first kappa shape index (κ1) is 18.5. The van der Waals surface area contributed by atoms with Crippen molar-refractivity contribution < 1.29 is 18.7 Å². The molecule has 3 N–H and O–H groups in total. The molecule has 0 atom stereocenters. The Morgan fingerprint density at radius 1 is 1.15 bits per heavy atom. The average Bonchev–Trinajstić information content (AvgIpc) is 3.12. The molecule has 0 unspecified atom stereocenters. The van der Waals surface area contributed by atoms with E-state index in [9.17, 15) is 9.18 Å². The van der Waals surface area contributed by atoms with E-state index >= 15 is 0 Å². The molecule has 0 fully saturated rings. The fourth-order valence-corrected chi connectivity index (χ4v) is 2.49. The second-order valence-electron chi connectivity index (χ2n) is 5.79. The quantitative estimate of drug-likeness (QED) is 0.535. The Morgan fingerprint density at radius 3 is 2.81 bits per heavy atom. The Balaban J connectivity index is 1.55. The topological polar surface area (TPSA) is 84.0 Å². The number of anilines is 1. The second kappa shape index (κ2) is 8.88. The van der Waals surface area contributed by atoms with Gasteiger partial charge in [0.15, 0.2) is 17.5 Å². The van der Waals surface area contributed by atoms with Gasteiger partial charge in [0.1, 0.15) is 5.82 Å². The van der Waals surface area contributed by atoms with Gasteiger partial charge in [-0.05, 0) is 42.8 Å². The van der Waals surface area contributed by atoms with E-state index in [0.717, 1.165) is 11.3 Å². The van der Waals surface area contributed by atoms with Crippen LogP contribution >= 0.6 is 0 Å². The molecule has 0 radical (unpaired) electrons. The molecule has 0 bridgehead atoms. The van der Waals surface area contributed by atoms with Crippen LogP contribution in [0.3, 0.4) is 0 Å². The number of nitrogens with zero attached hydrogens (tertiary/aromatic N) is 1. The van der Waals surface area contributed by atoms with E-state index in [-0.39, 0.29) is 19.2 Å². The molecule has 2 aromatic carbocycles. The number of rotatable bonds is 6. The summed E-state index contributed by atoms with van der Waals surface area (Å²) in [5, 5.41) is 8.66. The molecule has 3 rings (SSSR count). The Labute approximate surface area is 156 Å². The highest BCUT2D eigenvalue weighted by atomic mass is 19.1. The van der Waals surface area contributed by atoms with Crippen molar-refractivity contribution in [3.8, 4) is 11.5 Å². The number of carbonyl (C=O) groups excluding carboxylic acids is 1. The number of aliphatic imine (C=N–C) groups is 1. The summed E-state index contributed by atoms with van der Waals surface area (Å²) in [6.07, 6.45) is 0. The van der Waals surface area contributed by atoms with E-state index in [1.165, 1.54) is 18.2 Å². The molecule has 7 nitrogen and oxygen atoms in total. The minimum atomic E-state index is -0.403. The van der Waals surface area contributed by atoms with Gasteiger partial charge in [-0.3, -0.25) is 4.79 Å². The Hall–Kier alpha value is -3.29. The standard InChI is InChI=1S/C19H21FN4O3/c1-2-21-19(22-10-13-6-7-16-17(8-13)27-12-26-16)23-11-18(25)24-15-5-3-4-14(20)9-15/h3-9H,2,10-12H2,1H3,(H,24,25)(H2,21,22,23). The van der Waals surface area contributed by atoms with Crippen molar-refractivity contribution in [2.24, 2.45) is 4.99 Å². The molecule has 142 valence electrons. The highest BCUT2D eigenvalue weighted by molar-refractivity contribution is 5.94. The zero-order valence-electron chi connectivity index (χ0n) is 14.9. The molecule has 0 saturated heterocycles. The highest BCUT2D eigenvalue weighted by Gasteiger charge is 2.13. The number of hydrogen-bond donors (Lipinski definition) is 3. The molecule has 0 aliphatic carbocycles. The molecule has 8 heteroatoms. The fourth-order valence-electron chi connectivity index (χ4n) is 2.49. The van der Waals surface area contributed by atoms with Crippen LogP contribution in [-0.4, -0.2) is 31.7 Å². The lowest BCUT2D eigenvalue weighted by Crippen LogP contribution is -2.41. The summed E-state index contributed by atoms with van der Waals surface area (Å²) in [6, 6.07) is 11.4. The summed E-state index contributed by atoms with van der Waals surface area (Å²) in [6.45, 7) is 3.23. The SMILES string of the molecule is CCNC(=NCc1ccc2c(c1)OCO2)NCC(=O)Nc1cccc(F)c1. The first-order chi connectivity index (χ1) is 13.1. The lowest BCUT2D eigenvalue weighted by atomic mass is 10.2. The molecule has 1 aliphatic rings. The third-order valence-corrected chi connectivity index (χ3v) is 3.73. The summed E-state index contributed by atoms with van der Waals surface area (Å²) in [4.78, 5) is 16.5. The predicted molar refractivity (Wildman–Crippen MR) is 100 cm³/mol. The molecule has 1 amide bonds. The third kappa shape index (κ3) is 5.34. The van der Waals surface area contributed by atoms with Crippen LogP contribution < -0.4 is 25.4 Å². The van der Waals surface area contributed by atoms with Crippen molar-refractivity contribution >= 4 is 17.6 Å². The first-order valence-corrected chi connectivity index (χ1v) is 8.60. The van der Waals surface area contributed by atoms with Crippen LogP contribution in [0.15, 0.2) is 47.5 Å². The molecule has 0 spiro atoms. The molecular formula is C19H21FN4O3. The lowest BCUT2D eigenvalue weighted by molar-refractivity contribution is -0.115. The summed E-state index contributed by atoms with van der Waals surface area (Å²) in [5.74, 6) is 1.23. The second-order valence-corrected chi connectivity index (χ2v) is 5.79. The van der Waals surface area contributed by atoms with Gasteiger partial charge in [-0.25, -0.2) is 9.38 Å². The molecule has 1 aliphatic heterocycles. The zero-order valence-corrected chi connectivity index (χ0v) is 14.9. The number of carbonyl (C=O) groups is 1. The van der Waals surface area contributed by atoms with Crippen LogP contribution in [0.1, 0.15) is 12.5 Å². The van der Waals surface area contributed by atoms with Gasteiger partial charge >= 0.3 is 0 Å². The van der Waals surface area contributed by atoms with Gasteiger partial charge in [0.05, 0.1) is 13.1 Å². The Kier molecular flexibility index (Phi) is 6.09. The third-order valence-electron chi connectivity index (χ3n) is 3.73. The van der Waals surface area contributed by atoms with Crippen molar-refractivity contribution in [2.45, 2.75) is 13.5 Å². The Morgan fingerprint density at radius 2 is 2.00 bits per heavy atom. The summed E-state index contributed by atoms with van der Waals surface area (Å²) >= 11 is 0. The van der Waals surface area contributed by atoms with Crippen molar-refractivity contribution in [3.63, 3.8) is 0 Å². The predicted octanol–water partition coefficient (Wildman–Crippen LogP) is 2.25. The van der Waals surface area contributed by atoms with Gasteiger partial charge in [-0.2, -0.15) is 0 Å². The summed E-state index contributed by atoms with van der Waals surface area (Å²) < 4.78 is 23.8. The van der Waals surface area contributed by atoms with Gasteiger partial charge in [-0.1, -0.05) is 12.1 Å². The van der Waals surface area contributed by atoms with Crippen LogP contribution in [0.4, 0.5) is 10.1 Å². The van der Waals surface area contributed by atoms with Crippen molar-refractivity contribution in [3.05, 3.63) is 53.8 Å². The van der Waals surface area contributed by atoms with E-state index in [2.05, 4.69) is 20.9 Å². The lowest BCUT2D eigenvalue weighted by Gasteiger charge is -2.11. The number of guanidine groups is 1. The number of amides is 1. The van der Waals surface area contributed by atoms with Crippen LogP contribution in [0, 0.1) is 5.82 Å². The van der Waals surface area contributed by atoms with Gasteiger partial charge in [0.2, 0.25) is 12.7 Å². The minimum Gasteiger partial charge on any atom is -0.454 e. The molecule has 1 heterocycles. The summed E-state index contributed by atoms with van der Waals surface area (Å²) in [7, 11) is 0. The highest BCUT2D eigenvalue weighted by Crippen LogP contribution is 2.32. The van der Waals surface area contributed by atoms with E-state index < -0.39 is 5.82 Å². The van der Waals surface area contributed by atoms with Gasteiger partial charge in [0.25, 0.3) is 0 Å². The van der Waals surface area contributed by atoms with Gasteiger partial charge in [-0.15, -0.1) is 0 Å². The fraction of sp³-hybridized carbons (Fsp3) is 0.263. The maximum absolute atomic E-state index is 13.2. The van der Waals surface area contributed by atoms with Gasteiger partial charge in [0, 0.05) is 12.2 Å². The van der Waals surface area contributed by atoms with Crippen molar-refractivity contribution in [1.29, 1.82) is 0 Å². The molecule has 27 heavy (non-hydrogen) atoms. The zero-order chi connectivity index (χ0) is 19.1. The maximum atomic E-state index is 13.2. The molecular weight excluding hydrogens is 351 g/mol. The van der Waals surface area contributed by atoms with E-state index in [0.29, 0.717) is 30.5 Å². The van der Waals surface area contributed by atoms with Crippen LogP contribution in [0.5, 0.6) is 11.5 Å². The molecule has 0 saturated carbocycles. The van der Waals surface area contributed by atoms with E-state index in [4.69, 9.17) is 9.47 Å². The van der Waals surface area contributed by atoms with Crippen LogP contribution in [0.2, 0.25) is 0 Å². The number of halogens is 1. The number of fused-ring (bicyclic) bond motifs is 1. The number of nitrogens with one attached hydrogen (secondary N) is 3. The van der Waals surface area contributed by atoms with Crippen molar-refractivity contribution in [2.75, 3.05) is 25.2 Å². The Bertz CT molecular complexity index is 841. The van der Waals surface area contributed by atoms with Crippen LogP contribution in [-0.2, 0) is 11.3 Å². The normalized spacial score (nSPS) is 12.6. The minimum absolute atomic E-state index is 0.00346. The van der Waals surface area contributed by atoms with Gasteiger partial charge < -0.3 is 25.4 Å². The first-order valence-electron chi connectivity index (χ1n) is 8.60. The molecule has 2 aromatic rings. The molecule has 0 aromatic heterocycles. The van der Waals surface area contributed by atoms with E-state index in [1.54, 1.807) is 6.07 Å². The van der Waals surface area contributed by atoms with E-state index in [1.807, 2.05) is 25.1 Å². The average molecular weight is 372 g/mol. The maximum Gasteiger partial charge on any atom is 0.243 e. The number of hydrogen-bond acceptors (Lipinski definition) is 4.